The molecule has 0 spiro atoms. The van der Waals surface area contributed by atoms with E-state index in [-0.39, 0.29) is 17.5 Å². The summed E-state index contributed by atoms with van der Waals surface area (Å²) < 4.78 is 23.0. The van der Waals surface area contributed by atoms with Crippen LogP contribution in [0.3, 0.4) is 0 Å². The largest absolute Gasteiger partial charge is 0.345 e. The minimum atomic E-state index is -2.91. The Balaban J connectivity index is 2.23. The lowest BCUT2D eigenvalue weighted by Gasteiger charge is -2.21. The van der Waals surface area contributed by atoms with E-state index >= 15 is 0 Å². The van der Waals surface area contributed by atoms with E-state index in [2.05, 4.69) is 15.3 Å². The van der Waals surface area contributed by atoms with Gasteiger partial charge in [-0.15, -0.1) is 0 Å². The standard InChI is InChI=1S/C10H17N3O2S/c1-3-8-7(2)12-10(13-8)9-6-16(14,15)5-4-11-9/h9,11H,3-6H2,1-2H3,(H,12,13). The maximum absolute atomic E-state index is 11.5. The van der Waals surface area contributed by atoms with Gasteiger partial charge in [0, 0.05) is 12.2 Å². The molecule has 1 fully saturated rings. The summed E-state index contributed by atoms with van der Waals surface area (Å²) in [6.07, 6.45) is 0.863. The molecule has 1 unspecified atom stereocenters. The molecule has 1 aromatic heterocycles. The van der Waals surface area contributed by atoms with Crippen LogP contribution in [0.1, 0.15) is 30.2 Å². The van der Waals surface area contributed by atoms with Crippen molar-refractivity contribution in [2.45, 2.75) is 26.3 Å². The Morgan fingerprint density at radius 1 is 1.50 bits per heavy atom. The maximum Gasteiger partial charge on any atom is 0.153 e. The van der Waals surface area contributed by atoms with E-state index in [1.165, 1.54) is 0 Å². The van der Waals surface area contributed by atoms with Crippen LogP contribution < -0.4 is 5.32 Å². The van der Waals surface area contributed by atoms with Gasteiger partial charge in [0.1, 0.15) is 5.82 Å². The van der Waals surface area contributed by atoms with Crippen molar-refractivity contribution < 1.29 is 8.42 Å². The summed E-state index contributed by atoms with van der Waals surface area (Å²) in [7, 11) is -2.91. The van der Waals surface area contributed by atoms with Crippen LogP contribution in [0, 0.1) is 6.92 Å². The molecule has 1 saturated heterocycles. The number of nitrogens with zero attached hydrogens (tertiary/aromatic N) is 1. The predicted molar refractivity (Wildman–Crippen MR) is 62.1 cm³/mol. The maximum atomic E-state index is 11.5. The van der Waals surface area contributed by atoms with Gasteiger partial charge in [0.2, 0.25) is 0 Å². The van der Waals surface area contributed by atoms with E-state index in [1.807, 2.05) is 13.8 Å². The molecule has 0 saturated carbocycles. The van der Waals surface area contributed by atoms with Crippen LogP contribution in [0.2, 0.25) is 0 Å². The first-order valence-electron chi connectivity index (χ1n) is 5.51. The van der Waals surface area contributed by atoms with Crippen molar-refractivity contribution in [3.8, 4) is 0 Å². The molecule has 1 atom stereocenters. The summed E-state index contributed by atoms with van der Waals surface area (Å²) in [5.41, 5.74) is 2.04. The number of H-pyrrole nitrogens is 1. The molecule has 0 bridgehead atoms. The van der Waals surface area contributed by atoms with Crippen LogP contribution in [-0.4, -0.2) is 36.4 Å². The fourth-order valence-electron chi connectivity index (χ4n) is 1.99. The van der Waals surface area contributed by atoms with Crippen molar-refractivity contribution in [1.29, 1.82) is 0 Å². The van der Waals surface area contributed by atoms with Gasteiger partial charge < -0.3 is 10.3 Å². The average molecular weight is 243 g/mol. The van der Waals surface area contributed by atoms with Gasteiger partial charge in [0.25, 0.3) is 0 Å². The van der Waals surface area contributed by atoms with Crippen molar-refractivity contribution in [1.82, 2.24) is 15.3 Å². The lowest BCUT2D eigenvalue weighted by Crippen LogP contribution is -2.39. The number of sulfone groups is 1. The number of aryl methyl sites for hydroxylation is 2. The summed E-state index contributed by atoms with van der Waals surface area (Å²) in [4.78, 5) is 7.60. The smallest absolute Gasteiger partial charge is 0.153 e. The molecule has 16 heavy (non-hydrogen) atoms. The van der Waals surface area contributed by atoms with Gasteiger partial charge in [-0.1, -0.05) is 6.92 Å². The lowest BCUT2D eigenvalue weighted by molar-refractivity contribution is 0.517. The Kier molecular flexibility index (Phi) is 3.03. The highest BCUT2D eigenvalue weighted by Gasteiger charge is 2.27. The third-order valence-corrected chi connectivity index (χ3v) is 4.56. The first-order chi connectivity index (χ1) is 7.52. The lowest BCUT2D eigenvalue weighted by atomic mass is 10.3. The molecule has 1 aliphatic rings. The number of imidazole rings is 1. The molecule has 1 aliphatic heterocycles. The third kappa shape index (κ3) is 2.27. The fraction of sp³-hybridized carbons (Fsp3) is 0.700. The summed E-state index contributed by atoms with van der Waals surface area (Å²) in [6, 6.07) is -0.183. The number of aromatic nitrogens is 2. The Labute approximate surface area is 95.6 Å². The van der Waals surface area contributed by atoms with E-state index in [1.54, 1.807) is 0 Å². The van der Waals surface area contributed by atoms with Crippen LogP contribution in [-0.2, 0) is 16.3 Å². The summed E-state index contributed by atoms with van der Waals surface area (Å²) in [5, 5.41) is 3.18. The molecule has 0 amide bonds. The van der Waals surface area contributed by atoms with Crippen LogP contribution in [0.4, 0.5) is 0 Å². The number of aromatic amines is 1. The van der Waals surface area contributed by atoms with Crippen LogP contribution >= 0.6 is 0 Å². The Morgan fingerprint density at radius 3 is 2.81 bits per heavy atom. The van der Waals surface area contributed by atoms with Crippen molar-refractivity contribution in [3.63, 3.8) is 0 Å². The minimum Gasteiger partial charge on any atom is -0.345 e. The van der Waals surface area contributed by atoms with Crippen molar-refractivity contribution >= 4 is 9.84 Å². The highest BCUT2D eigenvalue weighted by molar-refractivity contribution is 7.91. The van der Waals surface area contributed by atoms with Gasteiger partial charge in [-0.2, -0.15) is 0 Å². The number of hydrogen-bond acceptors (Lipinski definition) is 4. The molecule has 1 aromatic rings. The van der Waals surface area contributed by atoms with E-state index in [9.17, 15) is 8.42 Å². The zero-order valence-electron chi connectivity index (χ0n) is 9.58. The zero-order chi connectivity index (χ0) is 11.8. The van der Waals surface area contributed by atoms with Gasteiger partial charge in [-0.25, -0.2) is 13.4 Å². The molecular weight excluding hydrogens is 226 g/mol. The normalized spacial score (nSPS) is 24.5. The first kappa shape index (κ1) is 11.6. The van der Waals surface area contributed by atoms with Crippen molar-refractivity contribution in [2.24, 2.45) is 0 Å². The van der Waals surface area contributed by atoms with Crippen molar-refractivity contribution in [2.75, 3.05) is 18.1 Å². The Hall–Kier alpha value is -0.880. The first-order valence-corrected chi connectivity index (χ1v) is 7.33. The van der Waals surface area contributed by atoms with Crippen LogP contribution in [0.5, 0.6) is 0 Å². The summed E-state index contributed by atoms with van der Waals surface area (Å²) >= 11 is 0. The van der Waals surface area contributed by atoms with Crippen LogP contribution in [0.25, 0.3) is 0 Å². The highest BCUT2D eigenvalue weighted by atomic mass is 32.2. The van der Waals surface area contributed by atoms with E-state index in [0.29, 0.717) is 6.54 Å². The predicted octanol–water partition coefficient (Wildman–Crippen LogP) is 0.340. The van der Waals surface area contributed by atoms with Gasteiger partial charge in [-0.3, -0.25) is 0 Å². The monoisotopic (exact) mass is 243 g/mol. The Morgan fingerprint density at radius 2 is 2.25 bits per heavy atom. The second-order valence-corrected chi connectivity index (χ2v) is 6.40. The molecule has 5 nitrogen and oxygen atoms in total. The van der Waals surface area contributed by atoms with E-state index in [4.69, 9.17) is 0 Å². The van der Waals surface area contributed by atoms with Gasteiger partial charge >= 0.3 is 0 Å². The molecule has 2 rings (SSSR count). The number of rotatable bonds is 2. The number of nitrogens with one attached hydrogen (secondary N) is 2. The Bertz CT molecular complexity index is 478. The average Bonchev–Trinajstić information content (AvgIpc) is 2.58. The second kappa shape index (κ2) is 4.18. The van der Waals surface area contributed by atoms with E-state index < -0.39 is 9.84 Å². The van der Waals surface area contributed by atoms with Gasteiger partial charge in [-0.05, 0) is 13.3 Å². The quantitative estimate of drug-likeness (QED) is 0.785. The summed E-state index contributed by atoms with van der Waals surface area (Å²) in [6.45, 7) is 4.51. The molecule has 2 heterocycles. The van der Waals surface area contributed by atoms with Crippen LogP contribution in [0.15, 0.2) is 0 Å². The van der Waals surface area contributed by atoms with Crippen molar-refractivity contribution in [3.05, 3.63) is 17.2 Å². The second-order valence-electron chi connectivity index (χ2n) is 4.17. The molecule has 0 aliphatic carbocycles. The molecule has 0 radical (unpaired) electrons. The fourth-order valence-corrected chi connectivity index (χ4v) is 3.37. The molecule has 90 valence electrons. The van der Waals surface area contributed by atoms with E-state index in [0.717, 1.165) is 23.6 Å². The molecule has 2 N–H and O–H groups in total. The summed E-state index contributed by atoms with van der Waals surface area (Å²) in [5.74, 6) is 1.12. The highest BCUT2D eigenvalue weighted by Crippen LogP contribution is 2.17. The SMILES string of the molecule is CCc1nc(C2CS(=O)(=O)CCN2)[nH]c1C. The third-order valence-electron chi connectivity index (χ3n) is 2.89. The molecule has 0 aromatic carbocycles. The topological polar surface area (TPSA) is 74.8 Å². The zero-order valence-corrected chi connectivity index (χ0v) is 10.4. The van der Waals surface area contributed by atoms with Gasteiger partial charge in [0.05, 0.1) is 23.2 Å². The minimum absolute atomic E-state index is 0.142. The molecular formula is C10H17N3O2S. The van der Waals surface area contributed by atoms with Gasteiger partial charge in [0.15, 0.2) is 9.84 Å². The molecule has 6 heteroatoms. The number of hydrogen-bond donors (Lipinski definition) is 2.